The van der Waals surface area contributed by atoms with Gasteiger partial charge in [-0.15, -0.1) is 0 Å². The van der Waals surface area contributed by atoms with E-state index in [1.165, 1.54) is 5.56 Å². The molecule has 0 aliphatic heterocycles. The molecule has 0 radical (unpaired) electrons. The molecule has 0 amide bonds. The summed E-state index contributed by atoms with van der Waals surface area (Å²) in [7, 11) is -3.54. The van der Waals surface area contributed by atoms with E-state index in [1.54, 1.807) is 28.6 Å². The number of rotatable bonds is 8. The van der Waals surface area contributed by atoms with Gasteiger partial charge in [0.15, 0.2) is 0 Å². The van der Waals surface area contributed by atoms with Gasteiger partial charge in [0.25, 0.3) is 0 Å². The molecular weight excluding hydrogens is 354 g/mol. The highest BCUT2D eigenvalue weighted by atomic mass is 35.5. The first-order chi connectivity index (χ1) is 11.8. The average Bonchev–Trinajstić information content (AvgIpc) is 2.59. The van der Waals surface area contributed by atoms with Crippen molar-refractivity contribution in [3.63, 3.8) is 0 Å². The Morgan fingerprint density at radius 2 is 1.56 bits per heavy atom. The molecule has 25 heavy (non-hydrogen) atoms. The summed E-state index contributed by atoms with van der Waals surface area (Å²) in [5.74, 6) is 0.235. The summed E-state index contributed by atoms with van der Waals surface area (Å²) in [5.41, 5.74) is 1.23. The molecule has 0 spiro atoms. The zero-order valence-corrected chi connectivity index (χ0v) is 16.6. The van der Waals surface area contributed by atoms with Crippen molar-refractivity contribution in [1.82, 2.24) is 4.31 Å². The molecule has 0 saturated carbocycles. The van der Waals surface area contributed by atoms with E-state index in [0.29, 0.717) is 16.5 Å². The van der Waals surface area contributed by atoms with Crippen LogP contribution in [-0.2, 0) is 16.4 Å². The van der Waals surface area contributed by atoms with Crippen LogP contribution in [0.3, 0.4) is 0 Å². The van der Waals surface area contributed by atoms with Crippen molar-refractivity contribution >= 4 is 21.6 Å². The van der Waals surface area contributed by atoms with Crippen LogP contribution in [-0.4, -0.2) is 25.3 Å². The third kappa shape index (κ3) is 5.30. The molecule has 0 aromatic heterocycles. The minimum atomic E-state index is -3.54. The summed E-state index contributed by atoms with van der Waals surface area (Å²) >= 11 is 5.90. The highest BCUT2D eigenvalue weighted by molar-refractivity contribution is 7.89. The topological polar surface area (TPSA) is 37.4 Å². The molecule has 0 saturated heterocycles. The molecule has 2 rings (SSSR count). The Morgan fingerprint density at radius 1 is 0.960 bits per heavy atom. The van der Waals surface area contributed by atoms with E-state index in [1.807, 2.05) is 39.0 Å². The SMILES string of the molecule is CC(C)[C@@H](C)N(CCCc1ccccc1)S(=O)(=O)c1ccc(Cl)cc1. The molecule has 5 heteroatoms. The van der Waals surface area contributed by atoms with Crippen LogP contribution in [0, 0.1) is 5.92 Å². The van der Waals surface area contributed by atoms with Crippen molar-refractivity contribution in [2.75, 3.05) is 6.54 Å². The number of halogens is 1. The Morgan fingerprint density at radius 3 is 2.12 bits per heavy atom. The van der Waals surface area contributed by atoms with Crippen LogP contribution in [0.2, 0.25) is 5.02 Å². The molecule has 136 valence electrons. The maximum absolute atomic E-state index is 13.1. The molecule has 3 nitrogen and oxygen atoms in total. The van der Waals surface area contributed by atoms with Gasteiger partial charge in [-0.25, -0.2) is 8.42 Å². The summed E-state index contributed by atoms with van der Waals surface area (Å²) in [6, 6.07) is 16.5. The smallest absolute Gasteiger partial charge is 0.207 e. The van der Waals surface area contributed by atoms with Crippen LogP contribution in [0.4, 0.5) is 0 Å². The number of nitrogens with zero attached hydrogens (tertiary/aromatic N) is 1. The van der Waals surface area contributed by atoms with Gasteiger partial charge in [0, 0.05) is 17.6 Å². The predicted octanol–water partition coefficient (Wildman–Crippen LogP) is 5.01. The molecule has 0 N–H and O–H groups in total. The van der Waals surface area contributed by atoms with Crippen LogP contribution < -0.4 is 0 Å². The van der Waals surface area contributed by atoms with Gasteiger partial charge in [-0.3, -0.25) is 0 Å². The predicted molar refractivity (Wildman–Crippen MR) is 104 cm³/mol. The standard InChI is InChI=1S/C20H26ClNO2S/c1-16(2)17(3)22(15-7-10-18-8-5-4-6-9-18)25(23,24)20-13-11-19(21)12-14-20/h4-6,8-9,11-14,16-17H,7,10,15H2,1-3H3/t17-/m1/s1. The fourth-order valence-corrected chi connectivity index (χ4v) is 4.63. The summed E-state index contributed by atoms with van der Waals surface area (Å²) < 4.78 is 27.9. The highest BCUT2D eigenvalue weighted by Gasteiger charge is 2.30. The first-order valence-corrected chi connectivity index (χ1v) is 10.5. The van der Waals surface area contributed by atoms with E-state index < -0.39 is 10.0 Å². The van der Waals surface area contributed by atoms with Crippen molar-refractivity contribution in [1.29, 1.82) is 0 Å². The minimum absolute atomic E-state index is 0.0727. The molecule has 0 aliphatic carbocycles. The summed E-state index contributed by atoms with van der Waals surface area (Å²) in [6.07, 6.45) is 1.65. The van der Waals surface area contributed by atoms with E-state index in [4.69, 9.17) is 11.6 Å². The van der Waals surface area contributed by atoms with Crippen molar-refractivity contribution < 1.29 is 8.42 Å². The minimum Gasteiger partial charge on any atom is -0.207 e. The Balaban J connectivity index is 2.18. The van der Waals surface area contributed by atoms with Gasteiger partial charge >= 0.3 is 0 Å². The maximum Gasteiger partial charge on any atom is 0.243 e. The van der Waals surface area contributed by atoms with Gasteiger partial charge in [0.1, 0.15) is 0 Å². The van der Waals surface area contributed by atoms with Gasteiger partial charge in [0.05, 0.1) is 4.90 Å². The number of benzene rings is 2. The van der Waals surface area contributed by atoms with Gasteiger partial charge in [0.2, 0.25) is 10.0 Å². The van der Waals surface area contributed by atoms with Gasteiger partial charge in [-0.2, -0.15) is 4.31 Å². The molecule has 2 aromatic carbocycles. The van der Waals surface area contributed by atoms with Gasteiger partial charge in [-0.1, -0.05) is 55.8 Å². The zero-order chi connectivity index (χ0) is 18.4. The quantitative estimate of drug-likeness (QED) is 0.646. The third-order valence-corrected chi connectivity index (χ3v) is 6.78. The lowest BCUT2D eigenvalue weighted by atomic mass is 10.1. The molecule has 0 unspecified atom stereocenters. The van der Waals surface area contributed by atoms with Crippen molar-refractivity contribution in [3.05, 3.63) is 65.2 Å². The second kappa shape index (κ2) is 8.84. The molecule has 0 fully saturated rings. The molecule has 2 aromatic rings. The van der Waals surface area contributed by atoms with Gasteiger partial charge < -0.3 is 0 Å². The van der Waals surface area contributed by atoms with Crippen molar-refractivity contribution in [3.8, 4) is 0 Å². The van der Waals surface area contributed by atoms with Crippen LogP contribution >= 0.6 is 11.6 Å². The number of aryl methyl sites for hydroxylation is 1. The lowest BCUT2D eigenvalue weighted by Gasteiger charge is -2.31. The maximum atomic E-state index is 13.1. The Hall–Kier alpha value is -1.36. The Bertz CT molecular complexity index is 758. The second-order valence-corrected chi connectivity index (χ2v) is 8.97. The molecule has 0 heterocycles. The highest BCUT2D eigenvalue weighted by Crippen LogP contribution is 2.24. The Labute approximate surface area is 156 Å². The van der Waals surface area contributed by atoms with Crippen molar-refractivity contribution in [2.45, 2.75) is 44.6 Å². The van der Waals surface area contributed by atoms with Crippen molar-refractivity contribution in [2.24, 2.45) is 5.92 Å². The second-order valence-electron chi connectivity index (χ2n) is 6.64. The van der Waals surface area contributed by atoms with E-state index in [-0.39, 0.29) is 12.0 Å². The van der Waals surface area contributed by atoms with Crippen LogP contribution in [0.15, 0.2) is 59.5 Å². The lowest BCUT2D eigenvalue weighted by molar-refractivity contribution is 0.273. The molecule has 1 atom stereocenters. The van der Waals surface area contributed by atoms with E-state index >= 15 is 0 Å². The zero-order valence-electron chi connectivity index (χ0n) is 15.0. The first kappa shape index (κ1) is 20.0. The molecule has 0 bridgehead atoms. The fourth-order valence-electron chi connectivity index (χ4n) is 2.70. The van der Waals surface area contributed by atoms with E-state index in [9.17, 15) is 8.42 Å². The monoisotopic (exact) mass is 379 g/mol. The average molecular weight is 380 g/mol. The lowest BCUT2D eigenvalue weighted by Crippen LogP contribution is -2.42. The number of hydrogen-bond acceptors (Lipinski definition) is 2. The third-order valence-electron chi connectivity index (χ3n) is 4.53. The number of hydrogen-bond donors (Lipinski definition) is 0. The van der Waals surface area contributed by atoms with E-state index in [0.717, 1.165) is 12.8 Å². The van der Waals surface area contributed by atoms with Crippen LogP contribution in [0.5, 0.6) is 0 Å². The van der Waals surface area contributed by atoms with E-state index in [2.05, 4.69) is 12.1 Å². The normalized spacial score (nSPS) is 13.4. The molecule has 0 aliphatic rings. The number of sulfonamides is 1. The summed E-state index contributed by atoms with van der Waals surface area (Å²) in [5, 5.41) is 0.534. The Kier molecular flexibility index (Phi) is 7.05. The largest absolute Gasteiger partial charge is 0.243 e. The van der Waals surface area contributed by atoms with Crippen LogP contribution in [0.25, 0.3) is 0 Å². The van der Waals surface area contributed by atoms with Crippen LogP contribution in [0.1, 0.15) is 32.8 Å². The van der Waals surface area contributed by atoms with Gasteiger partial charge in [-0.05, 0) is 55.5 Å². The summed E-state index contributed by atoms with van der Waals surface area (Å²) in [4.78, 5) is 0.295. The molecular formula is C20H26ClNO2S. The summed E-state index contributed by atoms with van der Waals surface area (Å²) in [6.45, 7) is 6.57. The first-order valence-electron chi connectivity index (χ1n) is 8.63. The fraction of sp³-hybridized carbons (Fsp3) is 0.400.